The lowest BCUT2D eigenvalue weighted by molar-refractivity contribution is -0.905. The van der Waals surface area contributed by atoms with E-state index in [0.29, 0.717) is 43.8 Å². The molecule has 1 aliphatic rings. The second kappa shape index (κ2) is 7.26. The van der Waals surface area contributed by atoms with Gasteiger partial charge in [0.25, 0.3) is 5.91 Å². The summed E-state index contributed by atoms with van der Waals surface area (Å²) in [6.07, 6.45) is 0. The van der Waals surface area contributed by atoms with Crippen molar-refractivity contribution in [3.8, 4) is 0 Å². The summed E-state index contributed by atoms with van der Waals surface area (Å²) in [7, 11) is 1.94. The van der Waals surface area contributed by atoms with Gasteiger partial charge in [-0.1, -0.05) is 0 Å². The summed E-state index contributed by atoms with van der Waals surface area (Å²) in [5.41, 5.74) is 4.93. The Kier molecular flexibility index (Phi) is 5.95. The highest BCUT2D eigenvalue weighted by atomic mass is 16.2. The van der Waals surface area contributed by atoms with Crippen LogP contribution in [0.5, 0.6) is 0 Å². The van der Waals surface area contributed by atoms with E-state index in [2.05, 4.69) is 5.32 Å². The topological polar surface area (TPSA) is 95.7 Å². The number of hydrogen-bond acceptors (Lipinski definition) is 3. The van der Waals surface area contributed by atoms with Gasteiger partial charge in [0.05, 0.1) is 33.2 Å². The van der Waals surface area contributed by atoms with E-state index in [1.807, 2.05) is 25.8 Å². The highest BCUT2D eigenvalue weighted by Crippen LogP contribution is 2.11. The van der Waals surface area contributed by atoms with Crippen molar-refractivity contribution >= 4 is 18.0 Å². The van der Waals surface area contributed by atoms with E-state index in [9.17, 15) is 14.4 Å². The second-order valence-electron chi connectivity index (χ2n) is 5.58. The number of likely N-dealkylation sites (N-methyl/N-ethyl adjacent to an activating group) is 1. The number of rotatable bonds is 4. The van der Waals surface area contributed by atoms with Crippen molar-refractivity contribution in [2.24, 2.45) is 5.73 Å². The minimum Gasteiger partial charge on any atom is -0.351 e. The van der Waals surface area contributed by atoms with Gasteiger partial charge >= 0.3 is 12.1 Å². The first-order valence-electron chi connectivity index (χ1n) is 7.28. The molecule has 1 fully saturated rings. The zero-order valence-electron chi connectivity index (χ0n) is 13.1. The molecule has 0 unspecified atom stereocenters. The molecule has 0 aromatic rings. The first-order valence-corrected chi connectivity index (χ1v) is 7.28. The standard InChI is InChI=1S/C13H25N5O3/c1-4-16(5-2)13(21)17-6-8-18(3,9-7-17)10-11(19)15-12(14)20/h4-10H2,1-3H3,(H2-,14,15,19,20)/p+1. The molecule has 0 aromatic heterocycles. The molecule has 0 saturated carbocycles. The summed E-state index contributed by atoms with van der Waals surface area (Å²) in [6, 6.07) is -0.783. The fourth-order valence-corrected chi connectivity index (χ4v) is 2.52. The highest BCUT2D eigenvalue weighted by molar-refractivity contribution is 5.94. The first-order chi connectivity index (χ1) is 9.81. The molecule has 0 aliphatic carbocycles. The number of quaternary nitrogens is 1. The normalized spacial score (nSPS) is 17.2. The number of carbonyl (C=O) groups excluding carboxylic acids is 3. The summed E-state index contributed by atoms with van der Waals surface area (Å²) in [5.74, 6) is -0.381. The van der Waals surface area contributed by atoms with Crippen LogP contribution in [0.3, 0.4) is 0 Å². The van der Waals surface area contributed by atoms with Crippen molar-refractivity contribution < 1.29 is 18.9 Å². The van der Waals surface area contributed by atoms with Gasteiger partial charge in [-0.25, -0.2) is 9.59 Å². The Labute approximate surface area is 125 Å². The number of carbonyl (C=O) groups is 3. The van der Waals surface area contributed by atoms with Crippen LogP contribution in [0.1, 0.15) is 13.8 Å². The van der Waals surface area contributed by atoms with E-state index >= 15 is 0 Å². The summed E-state index contributed by atoms with van der Waals surface area (Å²) in [6.45, 7) is 8.07. The van der Waals surface area contributed by atoms with Gasteiger partial charge in [-0.3, -0.25) is 10.1 Å². The molecule has 0 spiro atoms. The largest absolute Gasteiger partial charge is 0.351 e. The maximum absolute atomic E-state index is 12.2. The maximum Gasteiger partial charge on any atom is 0.320 e. The maximum atomic E-state index is 12.2. The molecule has 1 rings (SSSR count). The fraction of sp³-hybridized carbons (Fsp3) is 0.769. The lowest BCUT2D eigenvalue weighted by Gasteiger charge is -2.42. The van der Waals surface area contributed by atoms with Crippen LogP contribution in [-0.2, 0) is 4.79 Å². The molecule has 1 aliphatic heterocycles. The Morgan fingerprint density at radius 3 is 2.14 bits per heavy atom. The highest BCUT2D eigenvalue weighted by Gasteiger charge is 2.34. The molecule has 1 heterocycles. The smallest absolute Gasteiger partial charge is 0.320 e. The van der Waals surface area contributed by atoms with Crippen molar-refractivity contribution in [2.75, 3.05) is 52.9 Å². The number of amides is 5. The Balaban J connectivity index is 2.52. The van der Waals surface area contributed by atoms with Crippen LogP contribution in [0, 0.1) is 0 Å². The number of imide groups is 1. The molecule has 5 amide bonds. The van der Waals surface area contributed by atoms with Crippen LogP contribution < -0.4 is 11.1 Å². The molecule has 0 bridgehead atoms. The molecule has 8 heteroatoms. The SMILES string of the molecule is CCN(CC)C(=O)N1CC[N+](C)(CC(=O)NC(N)=O)CC1. The number of piperazine rings is 1. The van der Waals surface area contributed by atoms with Crippen molar-refractivity contribution in [2.45, 2.75) is 13.8 Å². The molecule has 8 nitrogen and oxygen atoms in total. The van der Waals surface area contributed by atoms with E-state index in [4.69, 9.17) is 5.73 Å². The van der Waals surface area contributed by atoms with Gasteiger partial charge in [0.15, 0.2) is 6.54 Å². The van der Waals surface area contributed by atoms with E-state index in [0.717, 1.165) is 0 Å². The van der Waals surface area contributed by atoms with Crippen molar-refractivity contribution in [3.63, 3.8) is 0 Å². The van der Waals surface area contributed by atoms with Crippen LogP contribution in [0.2, 0.25) is 0 Å². The molecule has 3 N–H and O–H groups in total. The van der Waals surface area contributed by atoms with Crippen LogP contribution in [0.4, 0.5) is 9.59 Å². The molecule has 0 atom stereocenters. The lowest BCUT2D eigenvalue weighted by Crippen LogP contribution is -2.62. The van der Waals surface area contributed by atoms with Crippen LogP contribution in [0.25, 0.3) is 0 Å². The number of nitrogens with two attached hydrogens (primary N) is 1. The van der Waals surface area contributed by atoms with Gasteiger partial charge in [-0.15, -0.1) is 0 Å². The summed E-state index contributed by atoms with van der Waals surface area (Å²) in [5, 5.41) is 2.08. The molecule has 0 radical (unpaired) electrons. The van der Waals surface area contributed by atoms with Crippen LogP contribution in [0.15, 0.2) is 0 Å². The monoisotopic (exact) mass is 300 g/mol. The van der Waals surface area contributed by atoms with Crippen LogP contribution >= 0.6 is 0 Å². The Bertz CT molecular complexity index is 401. The number of primary amides is 1. The number of nitrogens with zero attached hydrogens (tertiary/aromatic N) is 3. The third-order valence-electron chi connectivity index (χ3n) is 3.91. The van der Waals surface area contributed by atoms with E-state index < -0.39 is 6.03 Å². The minimum atomic E-state index is -0.832. The van der Waals surface area contributed by atoms with Crippen molar-refractivity contribution in [3.05, 3.63) is 0 Å². The van der Waals surface area contributed by atoms with Gasteiger partial charge in [0.1, 0.15) is 0 Å². The molecule has 120 valence electrons. The third kappa shape index (κ3) is 4.89. The summed E-state index contributed by atoms with van der Waals surface area (Å²) < 4.78 is 0.501. The molecular formula is C13H26N5O3+. The minimum absolute atomic E-state index is 0.0489. The molecule has 21 heavy (non-hydrogen) atoms. The van der Waals surface area contributed by atoms with Crippen molar-refractivity contribution in [1.29, 1.82) is 0 Å². The molecule has 1 saturated heterocycles. The van der Waals surface area contributed by atoms with E-state index in [1.165, 1.54) is 0 Å². The third-order valence-corrected chi connectivity index (χ3v) is 3.91. The molecule has 0 aromatic carbocycles. The average molecular weight is 300 g/mol. The predicted molar refractivity (Wildman–Crippen MR) is 78.4 cm³/mol. The average Bonchev–Trinajstić information content (AvgIpc) is 2.39. The predicted octanol–water partition coefficient (Wildman–Crippen LogP) is -0.595. The Morgan fingerprint density at radius 1 is 1.19 bits per heavy atom. The molecular weight excluding hydrogens is 274 g/mol. The fourth-order valence-electron chi connectivity index (χ4n) is 2.52. The van der Waals surface area contributed by atoms with Gasteiger partial charge < -0.3 is 20.0 Å². The van der Waals surface area contributed by atoms with E-state index in [1.54, 1.807) is 4.90 Å². The van der Waals surface area contributed by atoms with Crippen molar-refractivity contribution in [1.82, 2.24) is 15.1 Å². The van der Waals surface area contributed by atoms with Gasteiger partial charge in [0, 0.05) is 13.1 Å². The second-order valence-corrected chi connectivity index (χ2v) is 5.58. The number of hydrogen-bond donors (Lipinski definition) is 2. The first kappa shape index (κ1) is 17.2. The summed E-state index contributed by atoms with van der Waals surface area (Å²) in [4.78, 5) is 38.1. The van der Waals surface area contributed by atoms with Gasteiger partial charge in [0.2, 0.25) is 0 Å². The number of urea groups is 2. The summed E-state index contributed by atoms with van der Waals surface area (Å²) >= 11 is 0. The zero-order chi connectivity index (χ0) is 16.0. The van der Waals surface area contributed by atoms with E-state index in [-0.39, 0.29) is 18.5 Å². The van der Waals surface area contributed by atoms with Gasteiger partial charge in [-0.2, -0.15) is 0 Å². The lowest BCUT2D eigenvalue weighted by atomic mass is 10.2. The number of nitrogens with one attached hydrogen (secondary N) is 1. The van der Waals surface area contributed by atoms with Gasteiger partial charge in [-0.05, 0) is 13.8 Å². The zero-order valence-corrected chi connectivity index (χ0v) is 13.1. The van der Waals surface area contributed by atoms with Crippen LogP contribution in [-0.4, -0.2) is 85.1 Å². The quantitative estimate of drug-likeness (QED) is 0.679. The Hall–Kier alpha value is -1.83. The Morgan fingerprint density at radius 2 is 1.71 bits per heavy atom.